The van der Waals surface area contributed by atoms with Crippen LogP contribution < -0.4 is 0 Å². The summed E-state index contributed by atoms with van der Waals surface area (Å²) in [4.78, 5) is 0. The lowest BCUT2D eigenvalue weighted by molar-refractivity contribution is 0.911. The monoisotopic (exact) mass is 354 g/mol. The van der Waals surface area contributed by atoms with Crippen molar-refractivity contribution in [1.29, 1.82) is 0 Å². The Morgan fingerprint density at radius 3 is 1.85 bits per heavy atom. The summed E-state index contributed by atoms with van der Waals surface area (Å²) in [7, 11) is 0. The van der Waals surface area contributed by atoms with Gasteiger partial charge in [0.1, 0.15) is 5.69 Å². The van der Waals surface area contributed by atoms with Crippen LogP contribution in [0.3, 0.4) is 0 Å². The van der Waals surface area contributed by atoms with E-state index in [-0.39, 0.29) is 0 Å². The first-order valence-corrected chi connectivity index (χ1v) is 9.50. The number of rotatable bonds is 2. The second-order valence-electron chi connectivity index (χ2n) is 7.78. The highest BCUT2D eigenvalue weighted by molar-refractivity contribution is 5.95. The van der Waals surface area contributed by atoms with E-state index >= 15 is 0 Å². The van der Waals surface area contributed by atoms with E-state index in [1.54, 1.807) is 0 Å². The molecule has 0 radical (unpaired) electrons. The van der Waals surface area contributed by atoms with E-state index in [0.717, 1.165) is 16.9 Å². The molecule has 0 saturated heterocycles. The molecule has 3 aromatic carbocycles. The Hall–Kier alpha value is -2.87. The maximum atomic E-state index is 5.07. The minimum Gasteiger partial charge on any atom is -0.232 e. The molecule has 1 heterocycles. The van der Waals surface area contributed by atoms with Crippen molar-refractivity contribution in [1.82, 2.24) is 9.78 Å². The van der Waals surface area contributed by atoms with Crippen LogP contribution in [0, 0.1) is 41.5 Å². The number of hydrogen-bond acceptors (Lipinski definition) is 1. The van der Waals surface area contributed by atoms with Crippen LogP contribution in [-0.4, -0.2) is 9.78 Å². The molecular formula is C25H26N2. The van der Waals surface area contributed by atoms with Gasteiger partial charge in [-0.3, -0.25) is 0 Å². The van der Waals surface area contributed by atoms with Crippen LogP contribution in [0.5, 0.6) is 0 Å². The molecule has 27 heavy (non-hydrogen) atoms. The van der Waals surface area contributed by atoms with Gasteiger partial charge in [-0.05, 0) is 105 Å². The largest absolute Gasteiger partial charge is 0.232 e. The number of benzene rings is 3. The van der Waals surface area contributed by atoms with Gasteiger partial charge >= 0.3 is 0 Å². The molecular weight excluding hydrogens is 328 g/mol. The SMILES string of the molecule is Cc1ccc(-c2nn(-c3ccc(C)c(C)c3)c3cc(C)c(C)cc23)cc1C. The third kappa shape index (κ3) is 2.95. The van der Waals surface area contributed by atoms with Crippen molar-refractivity contribution in [2.45, 2.75) is 41.5 Å². The normalized spacial score (nSPS) is 11.3. The predicted octanol–water partition coefficient (Wildman–Crippen LogP) is 6.54. The summed E-state index contributed by atoms with van der Waals surface area (Å²) < 4.78 is 2.10. The van der Waals surface area contributed by atoms with Crippen LogP contribution in [0.1, 0.15) is 33.4 Å². The van der Waals surface area contributed by atoms with Gasteiger partial charge in [0.05, 0.1) is 11.2 Å². The third-order valence-corrected chi connectivity index (χ3v) is 5.81. The van der Waals surface area contributed by atoms with E-state index in [1.165, 1.54) is 44.3 Å². The van der Waals surface area contributed by atoms with Gasteiger partial charge in [0, 0.05) is 10.9 Å². The predicted molar refractivity (Wildman–Crippen MR) is 115 cm³/mol. The lowest BCUT2D eigenvalue weighted by Gasteiger charge is -2.08. The average Bonchev–Trinajstić information content (AvgIpc) is 2.98. The molecule has 0 unspecified atom stereocenters. The summed E-state index contributed by atoms with van der Waals surface area (Å²) in [6.45, 7) is 13.0. The summed E-state index contributed by atoms with van der Waals surface area (Å²) in [6.07, 6.45) is 0. The molecule has 0 aliphatic heterocycles. The summed E-state index contributed by atoms with van der Waals surface area (Å²) >= 11 is 0. The van der Waals surface area contributed by atoms with E-state index in [2.05, 4.69) is 94.8 Å². The molecule has 1 aromatic heterocycles. The third-order valence-electron chi connectivity index (χ3n) is 5.81. The molecule has 0 saturated carbocycles. The van der Waals surface area contributed by atoms with Gasteiger partial charge in [-0.15, -0.1) is 0 Å². The Balaban J connectivity index is 2.03. The first kappa shape index (κ1) is 17.5. The molecule has 4 aromatic rings. The van der Waals surface area contributed by atoms with Crippen molar-refractivity contribution in [3.05, 3.63) is 81.9 Å². The van der Waals surface area contributed by atoms with Crippen LogP contribution in [0.15, 0.2) is 48.5 Å². The molecule has 0 atom stereocenters. The number of aryl methyl sites for hydroxylation is 6. The first-order valence-electron chi connectivity index (χ1n) is 9.50. The molecule has 0 fully saturated rings. The quantitative estimate of drug-likeness (QED) is 0.399. The zero-order valence-electron chi connectivity index (χ0n) is 17.0. The Morgan fingerprint density at radius 2 is 1.19 bits per heavy atom. The molecule has 2 nitrogen and oxygen atoms in total. The van der Waals surface area contributed by atoms with Crippen molar-refractivity contribution < 1.29 is 0 Å². The minimum atomic E-state index is 1.05. The molecule has 0 amide bonds. The highest BCUT2D eigenvalue weighted by atomic mass is 15.3. The molecule has 4 rings (SSSR count). The number of aromatic nitrogens is 2. The van der Waals surface area contributed by atoms with Crippen molar-refractivity contribution in [3.63, 3.8) is 0 Å². The van der Waals surface area contributed by atoms with Crippen LogP contribution in [0.4, 0.5) is 0 Å². The van der Waals surface area contributed by atoms with Gasteiger partial charge in [-0.1, -0.05) is 18.2 Å². The zero-order valence-corrected chi connectivity index (χ0v) is 17.0. The Morgan fingerprint density at radius 1 is 0.593 bits per heavy atom. The molecule has 136 valence electrons. The molecule has 0 N–H and O–H groups in total. The standard InChI is InChI=1S/C25H26N2/c1-15-7-9-21(11-17(15)3)25-23-13-19(5)20(6)14-24(23)27(26-25)22-10-8-16(2)18(4)12-22/h7-14H,1-6H3. The fourth-order valence-electron chi connectivity index (χ4n) is 3.53. The highest BCUT2D eigenvalue weighted by Gasteiger charge is 2.15. The maximum Gasteiger partial charge on any atom is 0.101 e. The average molecular weight is 354 g/mol. The summed E-state index contributed by atoms with van der Waals surface area (Å²) in [5, 5.41) is 6.28. The second kappa shape index (κ2) is 6.38. The van der Waals surface area contributed by atoms with Gasteiger partial charge in [0.15, 0.2) is 0 Å². The van der Waals surface area contributed by atoms with Crippen molar-refractivity contribution in [2.24, 2.45) is 0 Å². The maximum absolute atomic E-state index is 5.07. The molecule has 0 aliphatic rings. The van der Waals surface area contributed by atoms with Crippen LogP contribution >= 0.6 is 0 Å². The fourth-order valence-corrected chi connectivity index (χ4v) is 3.53. The van der Waals surface area contributed by atoms with Gasteiger partial charge in [0.25, 0.3) is 0 Å². The summed E-state index contributed by atoms with van der Waals surface area (Å²) in [6, 6.07) is 17.7. The number of nitrogens with zero attached hydrogens (tertiary/aromatic N) is 2. The summed E-state index contributed by atoms with van der Waals surface area (Å²) in [5.74, 6) is 0. The second-order valence-corrected chi connectivity index (χ2v) is 7.78. The Bertz CT molecular complexity index is 1090. The topological polar surface area (TPSA) is 17.8 Å². The first-order chi connectivity index (χ1) is 12.8. The zero-order chi connectivity index (χ0) is 19.3. The van der Waals surface area contributed by atoms with Crippen molar-refractivity contribution in [2.75, 3.05) is 0 Å². The smallest absolute Gasteiger partial charge is 0.101 e. The lowest BCUT2D eigenvalue weighted by Crippen LogP contribution is -1.98. The van der Waals surface area contributed by atoms with E-state index in [1.807, 2.05) is 0 Å². The number of hydrogen-bond donors (Lipinski definition) is 0. The Kier molecular flexibility index (Phi) is 4.15. The van der Waals surface area contributed by atoms with Crippen molar-refractivity contribution >= 4 is 10.9 Å². The van der Waals surface area contributed by atoms with Crippen LogP contribution in [0.25, 0.3) is 27.8 Å². The Labute approximate surface area is 161 Å². The molecule has 0 aliphatic carbocycles. The molecule has 0 spiro atoms. The highest BCUT2D eigenvalue weighted by Crippen LogP contribution is 2.33. The van der Waals surface area contributed by atoms with Gasteiger partial charge < -0.3 is 0 Å². The minimum absolute atomic E-state index is 1.05. The molecule has 2 heteroatoms. The van der Waals surface area contributed by atoms with E-state index in [0.29, 0.717) is 0 Å². The van der Waals surface area contributed by atoms with Gasteiger partial charge in [-0.2, -0.15) is 5.10 Å². The lowest BCUT2D eigenvalue weighted by atomic mass is 10.00. The van der Waals surface area contributed by atoms with Gasteiger partial charge in [0.2, 0.25) is 0 Å². The van der Waals surface area contributed by atoms with Crippen molar-refractivity contribution in [3.8, 4) is 16.9 Å². The van der Waals surface area contributed by atoms with E-state index < -0.39 is 0 Å². The van der Waals surface area contributed by atoms with E-state index in [9.17, 15) is 0 Å². The van der Waals surface area contributed by atoms with Crippen LogP contribution in [-0.2, 0) is 0 Å². The number of fused-ring (bicyclic) bond motifs is 1. The summed E-state index contributed by atoms with van der Waals surface area (Å²) in [5.41, 5.74) is 12.3. The van der Waals surface area contributed by atoms with Crippen LogP contribution in [0.2, 0.25) is 0 Å². The van der Waals surface area contributed by atoms with E-state index in [4.69, 9.17) is 5.10 Å². The van der Waals surface area contributed by atoms with Gasteiger partial charge in [-0.25, -0.2) is 4.68 Å². The molecule has 0 bridgehead atoms. The fraction of sp³-hybridized carbons (Fsp3) is 0.240.